The normalized spacial score (nSPS) is 24.6. The largest absolute Gasteiger partial charge is 0.493 e. The number of hydrogen-bond acceptors (Lipinski definition) is 6. The summed E-state index contributed by atoms with van der Waals surface area (Å²) in [7, 11) is 3.19. The summed E-state index contributed by atoms with van der Waals surface area (Å²) in [5.41, 5.74) is -0.423. The number of carbonyl (C=O) groups excluding carboxylic acids is 1. The van der Waals surface area contributed by atoms with Crippen LogP contribution in [0.3, 0.4) is 0 Å². The summed E-state index contributed by atoms with van der Waals surface area (Å²) in [4.78, 5) is 17.0. The van der Waals surface area contributed by atoms with Crippen LogP contribution in [-0.2, 0) is 11.3 Å². The summed E-state index contributed by atoms with van der Waals surface area (Å²) in [6, 6.07) is 5.65. The van der Waals surface area contributed by atoms with Gasteiger partial charge in [-0.2, -0.15) is 0 Å². The van der Waals surface area contributed by atoms with Gasteiger partial charge >= 0.3 is 0 Å². The van der Waals surface area contributed by atoms with E-state index in [1.807, 2.05) is 18.2 Å². The molecule has 1 amide bonds. The first-order chi connectivity index (χ1) is 12.6. The minimum Gasteiger partial charge on any atom is -0.493 e. The number of carbonyl (C=O) groups is 1. The lowest BCUT2D eigenvalue weighted by Crippen LogP contribution is -2.60. The van der Waals surface area contributed by atoms with E-state index in [0.717, 1.165) is 38.2 Å². The van der Waals surface area contributed by atoms with Crippen molar-refractivity contribution >= 4 is 5.91 Å². The third-order valence-electron chi connectivity index (χ3n) is 5.24. The molecule has 144 valence electrons. The maximum atomic E-state index is 13.0. The minimum absolute atomic E-state index is 0.188. The Hall–Kier alpha value is -1.83. The molecule has 2 aliphatic rings. The van der Waals surface area contributed by atoms with Crippen LogP contribution < -0.4 is 14.8 Å². The van der Waals surface area contributed by atoms with Gasteiger partial charge in [0, 0.05) is 51.4 Å². The number of para-hydroxylation sites is 1. The highest BCUT2D eigenvalue weighted by Crippen LogP contribution is 2.33. The van der Waals surface area contributed by atoms with E-state index in [-0.39, 0.29) is 5.91 Å². The predicted octanol–water partition coefficient (Wildman–Crippen LogP) is 0.463. The zero-order valence-corrected chi connectivity index (χ0v) is 15.7. The van der Waals surface area contributed by atoms with Crippen LogP contribution in [0.2, 0.25) is 0 Å². The number of methoxy groups -OCH3 is 2. The molecule has 2 N–H and O–H groups in total. The number of amides is 1. The number of aliphatic hydroxyl groups is 1. The molecule has 0 spiro atoms. The fraction of sp³-hybridized carbons (Fsp3) is 0.632. The molecule has 2 aliphatic heterocycles. The molecule has 0 bridgehead atoms. The standard InChI is InChI=1S/C19H29N3O4/c1-25-16-6-3-5-15(17(16)26-2)13-22-10-4-7-19(24,18(22)23)14-21-11-8-20-9-12-21/h3,5-6,20,24H,4,7-14H2,1-2H3/t19-/m0/s1. The lowest BCUT2D eigenvalue weighted by molar-refractivity contribution is -0.160. The molecule has 1 aromatic carbocycles. The number of benzene rings is 1. The number of rotatable bonds is 6. The van der Waals surface area contributed by atoms with Gasteiger partial charge in [-0.3, -0.25) is 9.69 Å². The molecular weight excluding hydrogens is 334 g/mol. The van der Waals surface area contributed by atoms with Crippen LogP contribution >= 0.6 is 0 Å². The molecule has 0 saturated carbocycles. The monoisotopic (exact) mass is 363 g/mol. The number of ether oxygens (including phenoxy) is 2. The third kappa shape index (κ3) is 3.95. The smallest absolute Gasteiger partial charge is 0.256 e. The Balaban J connectivity index is 1.73. The van der Waals surface area contributed by atoms with E-state index in [9.17, 15) is 9.90 Å². The SMILES string of the molecule is COc1cccc(CN2CCC[C@](O)(CN3CCNCC3)C2=O)c1OC. The van der Waals surface area contributed by atoms with Crippen molar-refractivity contribution < 1.29 is 19.4 Å². The predicted molar refractivity (Wildman–Crippen MR) is 98.5 cm³/mol. The summed E-state index contributed by atoms with van der Waals surface area (Å²) in [6.07, 6.45) is 1.31. The fourth-order valence-electron chi connectivity index (χ4n) is 3.89. The summed E-state index contributed by atoms with van der Waals surface area (Å²) < 4.78 is 10.8. The zero-order chi connectivity index (χ0) is 18.6. The lowest BCUT2D eigenvalue weighted by atomic mass is 9.90. The minimum atomic E-state index is -1.30. The number of hydrogen-bond donors (Lipinski definition) is 2. The topological polar surface area (TPSA) is 74.3 Å². The number of β-amino-alcohol motifs (C(OH)–C–C–N with tert-alkyl or cyclic N) is 1. The Kier molecular flexibility index (Phi) is 6.01. The summed E-state index contributed by atoms with van der Waals surface area (Å²) in [6.45, 7) is 4.97. The van der Waals surface area contributed by atoms with E-state index < -0.39 is 5.60 Å². The number of nitrogens with zero attached hydrogens (tertiary/aromatic N) is 2. The van der Waals surface area contributed by atoms with Crippen molar-refractivity contribution in [2.75, 3.05) is 53.5 Å². The van der Waals surface area contributed by atoms with Crippen LogP contribution in [0, 0.1) is 0 Å². The van der Waals surface area contributed by atoms with Crippen LogP contribution in [0.25, 0.3) is 0 Å². The average molecular weight is 363 g/mol. The van der Waals surface area contributed by atoms with Gasteiger partial charge in [-0.25, -0.2) is 0 Å². The van der Waals surface area contributed by atoms with Gasteiger partial charge in [0.25, 0.3) is 5.91 Å². The summed E-state index contributed by atoms with van der Waals surface area (Å²) >= 11 is 0. The Morgan fingerprint density at radius 1 is 1.19 bits per heavy atom. The van der Waals surface area contributed by atoms with Crippen LogP contribution in [0.5, 0.6) is 11.5 Å². The first-order valence-corrected chi connectivity index (χ1v) is 9.22. The third-order valence-corrected chi connectivity index (χ3v) is 5.24. The Morgan fingerprint density at radius 2 is 1.96 bits per heavy atom. The molecule has 0 aromatic heterocycles. The molecule has 3 rings (SSSR count). The van der Waals surface area contributed by atoms with Gasteiger partial charge in [0.2, 0.25) is 0 Å². The van der Waals surface area contributed by atoms with Gasteiger partial charge in [-0.15, -0.1) is 0 Å². The second kappa shape index (κ2) is 8.24. The van der Waals surface area contributed by atoms with Gasteiger partial charge in [0.15, 0.2) is 17.1 Å². The highest BCUT2D eigenvalue weighted by molar-refractivity contribution is 5.86. The molecule has 2 fully saturated rings. The van der Waals surface area contributed by atoms with Crippen LogP contribution in [0.15, 0.2) is 18.2 Å². The number of nitrogens with one attached hydrogen (secondary N) is 1. The van der Waals surface area contributed by atoms with E-state index in [1.54, 1.807) is 19.1 Å². The van der Waals surface area contributed by atoms with Crippen molar-refractivity contribution in [2.45, 2.75) is 25.0 Å². The molecule has 1 atom stereocenters. The second-order valence-electron chi connectivity index (χ2n) is 7.04. The Labute approximate surface area is 154 Å². The van der Waals surface area contributed by atoms with Gasteiger partial charge in [-0.05, 0) is 18.9 Å². The van der Waals surface area contributed by atoms with Crippen LogP contribution in [0.4, 0.5) is 0 Å². The number of piperazine rings is 1. The number of likely N-dealkylation sites (tertiary alicyclic amines) is 1. The van der Waals surface area contributed by atoms with Crippen molar-refractivity contribution in [3.05, 3.63) is 23.8 Å². The van der Waals surface area contributed by atoms with Gasteiger partial charge in [0.1, 0.15) is 0 Å². The Bertz CT molecular complexity index is 633. The second-order valence-corrected chi connectivity index (χ2v) is 7.04. The lowest BCUT2D eigenvalue weighted by Gasteiger charge is -2.41. The maximum absolute atomic E-state index is 13.0. The quantitative estimate of drug-likeness (QED) is 0.765. The molecule has 2 saturated heterocycles. The van der Waals surface area contributed by atoms with Crippen molar-refractivity contribution in [1.82, 2.24) is 15.1 Å². The molecule has 26 heavy (non-hydrogen) atoms. The number of piperidine rings is 1. The van der Waals surface area contributed by atoms with Crippen molar-refractivity contribution in [3.8, 4) is 11.5 Å². The highest BCUT2D eigenvalue weighted by Gasteiger charge is 2.43. The molecule has 7 nitrogen and oxygen atoms in total. The van der Waals surface area contributed by atoms with Crippen molar-refractivity contribution in [2.24, 2.45) is 0 Å². The zero-order valence-electron chi connectivity index (χ0n) is 15.7. The Morgan fingerprint density at radius 3 is 2.65 bits per heavy atom. The van der Waals surface area contributed by atoms with E-state index in [4.69, 9.17) is 9.47 Å². The van der Waals surface area contributed by atoms with Crippen molar-refractivity contribution in [1.29, 1.82) is 0 Å². The van der Waals surface area contributed by atoms with E-state index >= 15 is 0 Å². The van der Waals surface area contributed by atoms with Gasteiger partial charge in [-0.1, -0.05) is 12.1 Å². The molecule has 7 heteroatoms. The van der Waals surface area contributed by atoms with Gasteiger partial charge in [0.05, 0.1) is 14.2 Å². The molecule has 1 aromatic rings. The molecule has 0 unspecified atom stereocenters. The summed E-state index contributed by atoms with van der Waals surface area (Å²) in [5, 5.41) is 14.4. The molecule has 2 heterocycles. The molecular formula is C19H29N3O4. The molecule has 0 aliphatic carbocycles. The fourth-order valence-corrected chi connectivity index (χ4v) is 3.89. The van der Waals surface area contributed by atoms with Crippen LogP contribution in [0.1, 0.15) is 18.4 Å². The maximum Gasteiger partial charge on any atom is 0.256 e. The summed E-state index contributed by atoms with van der Waals surface area (Å²) in [5.74, 6) is 1.09. The van der Waals surface area contributed by atoms with E-state index in [0.29, 0.717) is 37.6 Å². The van der Waals surface area contributed by atoms with Gasteiger partial charge < -0.3 is 24.8 Å². The highest BCUT2D eigenvalue weighted by atomic mass is 16.5. The molecule has 0 radical (unpaired) electrons. The van der Waals surface area contributed by atoms with E-state index in [2.05, 4.69) is 10.2 Å². The van der Waals surface area contributed by atoms with E-state index in [1.165, 1.54) is 0 Å². The van der Waals surface area contributed by atoms with Crippen LogP contribution in [-0.4, -0.2) is 79.9 Å². The first-order valence-electron chi connectivity index (χ1n) is 9.22. The average Bonchev–Trinajstić information content (AvgIpc) is 2.66. The first kappa shape index (κ1) is 18.9. The van der Waals surface area contributed by atoms with Crippen molar-refractivity contribution in [3.63, 3.8) is 0 Å².